The van der Waals surface area contributed by atoms with Gasteiger partial charge in [-0.2, -0.15) is 4.31 Å². The van der Waals surface area contributed by atoms with E-state index in [1.807, 2.05) is 0 Å². The van der Waals surface area contributed by atoms with Gasteiger partial charge in [0.25, 0.3) is 0 Å². The molecule has 2 saturated heterocycles. The second kappa shape index (κ2) is 7.35. The number of carbonyl (C=O) groups is 1. The number of nitrogens with zero attached hydrogens (tertiary/aromatic N) is 1. The number of sulfonamides is 1. The van der Waals surface area contributed by atoms with Crippen molar-refractivity contribution < 1.29 is 17.9 Å². The van der Waals surface area contributed by atoms with Gasteiger partial charge in [0.05, 0.1) is 11.9 Å². The maximum Gasteiger partial charge on any atom is 0.221 e. The van der Waals surface area contributed by atoms with Gasteiger partial charge in [0.2, 0.25) is 15.9 Å². The largest absolute Gasteiger partial charge is 0.376 e. The first-order valence-electron chi connectivity index (χ1n) is 7.15. The first-order chi connectivity index (χ1) is 9.58. The lowest BCUT2D eigenvalue weighted by Gasteiger charge is -2.26. The molecule has 2 rings (SSSR count). The third kappa shape index (κ3) is 4.69. The number of rotatable bonds is 6. The van der Waals surface area contributed by atoms with E-state index in [-0.39, 0.29) is 24.2 Å². The highest BCUT2D eigenvalue weighted by Gasteiger charge is 2.24. The lowest BCUT2D eigenvalue weighted by Crippen LogP contribution is -2.47. The molecular weight excluding hydrogens is 282 g/mol. The van der Waals surface area contributed by atoms with E-state index in [2.05, 4.69) is 10.6 Å². The van der Waals surface area contributed by atoms with Gasteiger partial charge in [-0.15, -0.1) is 0 Å². The molecule has 116 valence electrons. The van der Waals surface area contributed by atoms with Gasteiger partial charge in [0, 0.05) is 45.8 Å². The number of hydrogen-bond acceptors (Lipinski definition) is 5. The van der Waals surface area contributed by atoms with Crippen LogP contribution in [0.4, 0.5) is 0 Å². The van der Waals surface area contributed by atoms with Crippen LogP contribution in [0.5, 0.6) is 0 Å². The predicted octanol–water partition coefficient (Wildman–Crippen LogP) is -1.09. The predicted molar refractivity (Wildman–Crippen MR) is 74.8 cm³/mol. The molecule has 0 aromatic rings. The summed E-state index contributed by atoms with van der Waals surface area (Å²) in [6, 6.07) is 0. The zero-order valence-electron chi connectivity index (χ0n) is 11.6. The van der Waals surface area contributed by atoms with Crippen molar-refractivity contribution in [3.63, 3.8) is 0 Å². The number of amides is 1. The summed E-state index contributed by atoms with van der Waals surface area (Å²) in [6.45, 7) is 3.54. The molecule has 7 nitrogen and oxygen atoms in total. The molecule has 0 aliphatic carbocycles. The molecule has 2 aliphatic rings. The zero-order valence-corrected chi connectivity index (χ0v) is 12.5. The SMILES string of the molecule is O=C(CCS(=O)(=O)N1CCNCC1)NCC1CCCO1. The number of piperazine rings is 1. The Labute approximate surface area is 120 Å². The molecule has 0 bridgehead atoms. The molecule has 1 amide bonds. The highest BCUT2D eigenvalue weighted by atomic mass is 32.2. The van der Waals surface area contributed by atoms with Gasteiger partial charge < -0.3 is 15.4 Å². The van der Waals surface area contributed by atoms with E-state index in [4.69, 9.17) is 4.74 Å². The minimum absolute atomic E-state index is 0.0129. The Balaban J connectivity index is 1.68. The van der Waals surface area contributed by atoms with Gasteiger partial charge in [-0.05, 0) is 12.8 Å². The van der Waals surface area contributed by atoms with Gasteiger partial charge in [-0.25, -0.2) is 8.42 Å². The van der Waals surface area contributed by atoms with Crippen molar-refractivity contribution in [2.75, 3.05) is 45.1 Å². The number of hydrogen-bond donors (Lipinski definition) is 2. The van der Waals surface area contributed by atoms with Crippen molar-refractivity contribution in [2.45, 2.75) is 25.4 Å². The maximum atomic E-state index is 12.0. The van der Waals surface area contributed by atoms with Crippen molar-refractivity contribution >= 4 is 15.9 Å². The fourth-order valence-corrected chi connectivity index (χ4v) is 3.84. The standard InChI is InChI=1S/C12H23N3O4S/c16-12(14-10-11-2-1-8-19-11)3-9-20(17,18)15-6-4-13-5-7-15/h11,13H,1-10H2,(H,14,16). The van der Waals surface area contributed by atoms with Crippen LogP contribution in [0.15, 0.2) is 0 Å². The summed E-state index contributed by atoms with van der Waals surface area (Å²) >= 11 is 0. The number of ether oxygens (including phenoxy) is 1. The van der Waals surface area contributed by atoms with Crippen molar-refractivity contribution in [1.29, 1.82) is 0 Å². The van der Waals surface area contributed by atoms with Gasteiger partial charge in [-0.1, -0.05) is 0 Å². The molecule has 1 unspecified atom stereocenters. The van der Waals surface area contributed by atoms with Gasteiger partial charge in [0.15, 0.2) is 0 Å². The molecule has 2 aliphatic heterocycles. The lowest BCUT2D eigenvalue weighted by molar-refractivity contribution is -0.121. The fourth-order valence-electron chi connectivity index (χ4n) is 2.39. The molecular formula is C12H23N3O4S. The molecule has 0 aromatic carbocycles. The Morgan fingerprint density at radius 3 is 2.75 bits per heavy atom. The highest BCUT2D eigenvalue weighted by molar-refractivity contribution is 7.89. The molecule has 2 heterocycles. The van der Waals surface area contributed by atoms with Crippen molar-refractivity contribution in [3.05, 3.63) is 0 Å². The molecule has 2 fully saturated rings. The van der Waals surface area contributed by atoms with Gasteiger partial charge in [0.1, 0.15) is 0 Å². The first-order valence-corrected chi connectivity index (χ1v) is 8.76. The zero-order chi connectivity index (χ0) is 14.4. The second-order valence-electron chi connectivity index (χ2n) is 5.15. The molecule has 20 heavy (non-hydrogen) atoms. The molecule has 1 atom stereocenters. The molecule has 0 radical (unpaired) electrons. The number of nitrogens with one attached hydrogen (secondary N) is 2. The smallest absolute Gasteiger partial charge is 0.221 e. The third-order valence-corrected chi connectivity index (χ3v) is 5.48. The Morgan fingerprint density at radius 1 is 1.35 bits per heavy atom. The van der Waals surface area contributed by atoms with E-state index < -0.39 is 10.0 Å². The van der Waals surface area contributed by atoms with Crippen LogP contribution in [0, 0.1) is 0 Å². The van der Waals surface area contributed by atoms with Crippen LogP contribution < -0.4 is 10.6 Å². The normalized spacial score (nSPS) is 24.7. The summed E-state index contributed by atoms with van der Waals surface area (Å²) in [7, 11) is -3.31. The van der Waals surface area contributed by atoms with Crippen molar-refractivity contribution in [2.24, 2.45) is 0 Å². The Morgan fingerprint density at radius 2 is 2.10 bits per heavy atom. The van der Waals surface area contributed by atoms with E-state index in [1.165, 1.54) is 4.31 Å². The minimum atomic E-state index is -3.31. The van der Waals surface area contributed by atoms with Crippen LogP contribution in [0.1, 0.15) is 19.3 Å². The van der Waals surface area contributed by atoms with Crippen LogP contribution in [-0.4, -0.2) is 69.8 Å². The van der Waals surface area contributed by atoms with Crippen LogP contribution in [0.3, 0.4) is 0 Å². The Bertz CT molecular complexity index is 414. The summed E-state index contributed by atoms with van der Waals surface area (Å²) < 4.78 is 30.9. The van der Waals surface area contributed by atoms with Crippen LogP contribution in [-0.2, 0) is 19.6 Å². The quantitative estimate of drug-likeness (QED) is 0.651. The molecule has 0 spiro atoms. The monoisotopic (exact) mass is 305 g/mol. The summed E-state index contributed by atoms with van der Waals surface area (Å²) in [5.41, 5.74) is 0. The Kier molecular flexibility index (Phi) is 5.76. The van der Waals surface area contributed by atoms with Gasteiger partial charge >= 0.3 is 0 Å². The summed E-state index contributed by atoms with van der Waals surface area (Å²) in [5.74, 6) is -0.344. The molecule has 2 N–H and O–H groups in total. The first kappa shape index (κ1) is 15.7. The average molecular weight is 305 g/mol. The second-order valence-corrected chi connectivity index (χ2v) is 7.24. The van der Waals surface area contributed by atoms with E-state index in [9.17, 15) is 13.2 Å². The van der Waals surface area contributed by atoms with Crippen LogP contribution >= 0.6 is 0 Å². The molecule has 0 saturated carbocycles. The van der Waals surface area contributed by atoms with E-state index >= 15 is 0 Å². The van der Waals surface area contributed by atoms with E-state index in [0.717, 1.165) is 19.4 Å². The number of carbonyl (C=O) groups excluding carboxylic acids is 1. The van der Waals surface area contributed by atoms with Crippen molar-refractivity contribution in [3.8, 4) is 0 Å². The molecule has 0 aromatic heterocycles. The fraction of sp³-hybridized carbons (Fsp3) is 0.917. The Hall–Kier alpha value is -0.700. The van der Waals surface area contributed by atoms with Crippen LogP contribution in [0.25, 0.3) is 0 Å². The lowest BCUT2D eigenvalue weighted by atomic mass is 10.2. The highest BCUT2D eigenvalue weighted by Crippen LogP contribution is 2.10. The summed E-state index contributed by atoms with van der Waals surface area (Å²) in [5, 5.41) is 5.84. The maximum absolute atomic E-state index is 12.0. The van der Waals surface area contributed by atoms with Crippen LogP contribution in [0.2, 0.25) is 0 Å². The molecule has 8 heteroatoms. The minimum Gasteiger partial charge on any atom is -0.376 e. The third-order valence-electron chi connectivity index (χ3n) is 3.61. The van der Waals surface area contributed by atoms with E-state index in [1.54, 1.807) is 0 Å². The average Bonchev–Trinajstić information content (AvgIpc) is 2.97. The van der Waals surface area contributed by atoms with E-state index in [0.29, 0.717) is 32.7 Å². The van der Waals surface area contributed by atoms with Crippen molar-refractivity contribution in [1.82, 2.24) is 14.9 Å². The summed E-state index contributed by atoms with van der Waals surface area (Å²) in [6.07, 6.45) is 2.08. The van der Waals surface area contributed by atoms with Gasteiger partial charge in [-0.3, -0.25) is 4.79 Å². The summed E-state index contributed by atoms with van der Waals surface area (Å²) in [4.78, 5) is 11.7. The topological polar surface area (TPSA) is 87.7 Å².